The van der Waals surface area contributed by atoms with E-state index >= 15 is 0 Å². The SMILES string of the molecule is COC(=O)N[C@@H](CC(C)=O)Cc1cccs1. The van der Waals surface area contributed by atoms with Gasteiger partial charge in [-0.05, 0) is 18.4 Å². The van der Waals surface area contributed by atoms with Gasteiger partial charge < -0.3 is 10.1 Å². The summed E-state index contributed by atoms with van der Waals surface area (Å²) in [5, 5.41) is 4.63. The Bertz CT molecular complexity index is 348. The van der Waals surface area contributed by atoms with E-state index in [1.54, 1.807) is 11.3 Å². The number of hydrogen-bond acceptors (Lipinski definition) is 4. The van der Waals surface area contributed by atoms with E-state index in [1.165, 1.54) is 14.0 Å². The molecule has 1 aromatic heterocycles. The molecule has 5 heteroatoms. The maximum absolute atomic E-state index is 11.1. The van der Waals surface area contributed by atoms with E-state index in [0.717, 1.165) is 4.88 Å². The molecule has 0 saturated heterocycles. The number of methoxy groups -OCH3 is 1. The predicted molar refractivity (Wildman–Crippen MR) is 62.6 cm³/mol. The van der Waals surface area contributed by atoms with Crippen molar-refractivity contribution in [3.8, 4) is 0 Å². The highest BCUT2D eigenvalue weighted by atomic mass is 32.1. The number of alkyl carbamates (subject to hydrolysis) is 1. The fraction of sp³-hybridized carbons (Fsp3) is 0.455. The van der Waals surface area contributed by atoms with Crippen LogP contribution in [0.15, 0.2) is 17.5 Å². The van der Waals surface area contributed by atoms with E-state index in [0.29, 0.717) is 12.8 Å². The summed E-state index contributed by atoms with van der Waals surface area (Å²) in [4.78, 5) is 23.3. The smallest absolute Gasteiger partial charge is 0.407 e. The number of rotatable bonds is 5. The molecule has 0 fully saturated rings. The first-order valence-corrected chi connectivity index (χ1v) is 5.86. The third-order valence-corrected chi connectivity index (χ3v) is 2.97. The highest BCUT2D eigenvalue weighted by Gasteiger charge is 2.15. The lowest BCUT2D eigenvalue weighted by Crippen LogP contribution is -2.37. The Kier molecular flexibility index (Phi) is 4.98. The van der Waals surface area contributed by atoms with E-state index in [1.807, 2.05) is 17.5 Å². The van der Waals surface area contributed by atoms with E-state index in [4.69, 9.17) is 0 Å². The third-order valence-electron chi connectivity index (χ3n) is 2.07. The van der Waals surface area contributed by atoms with Gasteiger partial charge in [0.1, 0.15) is 5.78 Å². The molecule has 1 amide bonds. The number of thiophene rings is 1. The van der Waals surface area contributed by atoms with Crippen LogP contribution in [0.4, 0.5) is 4.79 Å². The molecule has 1 N–H and O–H groups in total. The number of ketones is 1. The van der Waals surface area contributed by atoms with Crippen LogP contribution in [0.3, 0.4) is 0 Å². The summed E-state index contributed by atoms with van der Waals surface area (Å²) in [5.41, 5.74) is 0. The zero-order valence-corrected chi connectivity index (χ0v) is 10.2. The fourth-order valence-corrected chi connectivity index (χ4v) is 2.20. The summed E-state index contributed by atoms with van der Waals surface area (Å²) in [6.07, 6.45) is 0.488. The summed E-state index contributed by atoms with van der Waals surface area (Å²) in [6, 6.07) is 3.74. The Hall–Kier alpha value is -1.36. The number of nitrogens with one attached hydrogen (secondary N) is 1. The zero-order valence-electron chi connectivity index (χ0n) is 9.36. The molecular weight excluding hydrogens is 226 g/mol. The van der Waals surface area contributed by atoms with Crippen molar-refractivity contribution in [2.75, 3.05) is 7.11 Å². The van der Waals surface area contributed by atoms with Crippen molar-refractivity contribution >= 4 is 23.2 Å². The maximum Gasteiger partial charge on any atom is 0.407 e. The molecule has 0 aliphatic rings. The number of amides is 1. The van der Waals surface area contributed by atoms with Crippen LogP contribution in [0, 0.1) is 0 Å². The quantitative estimate of drug-likeness (QED) is 0.857. The molecule has 0 aliphatic heterocycles. The topological polar surface area (TPSA) is 55.4 Å². The van der Waals surface area contributed by atoms with Gasteiger partial charge in [-0.25, -0.2) is 4.79 Å². The molecule has 88 valence electrons. The van der Waals surface area contributed by atoms with Gasteiger partial charge in [0.2, 0.25) is 0 Å². The molecule has 0 radical (unpaired) electrons. The Morgan fingerprint density at radius 3 is 2.81 bits per heavy atom. The van der Waals surface area contributed by atoms with Crippen LogP contribution in [0.5, 0.6) is 0 Å². The van der Waals surface area contributed by atoms with Gasteiger partial charge in [0.15, 0.2) is 0 Å². The van der Waals surface area contributed by atoms with Crippen LogP contribution in [0.25, 0.3) is 0 Å². The lowest BCUT2D eigenvalue weighted by Gasteiger charge is -2.15. The first kappa shape index (κ1) is 12.7. The van der Waals surface area contributed by atoms with Gasteiger partial charge in [0, 0.05) is 23.8 Å². The normalized spacial score (nSPS) is 11.9. The molecule has 0 saturated carbocycles. The standard InChI is InChI=1S/C11H15NO3S/c1-8(13)6-9(12-11(14)15-2)7-10-4-3-5-16-10/h3-5,9H,6-7H2,1-2H3,(H,12,14)/t9-/m0/s1. The van der Waals surface area contributed by atoms with Gasteiger partial charge in [0.25, 0.3) is 0 Å². The second-order valence-corrected chi connectivity index (χ2v) is 4.55. The Morgan fingerprint density at radius 1 is 1.56 bits per heavy atom. The molecule has 1 atom stereocenters. The van der Waals surface area contributed by atoms with Gasteiger partial charge in [-0.1, -0.05) is 6.07 Å². The molecule has 0 spiro atoms. The predicted octanol–water partition coefficient (Wildman–Crippen LogP) is 1.99. The van der Waals surface area contributed by atoms with Gasteiger partial charge in [0.05, 0.1) is 7.11 Å². The first-order valence-electron chi connectivity index (χ1n) is 4.98. The Morgan fingerprint density at radius 2 is 2.31 bits per heavy atom. The molecule has 0 aromatic carbocycles. The minimum atomic E-state index is -0.497. The second-order valence-electron chi connectivity index (χ2n) is 3.52. The number of ether oxygens (including phenoxy) is 1. The summed E-state index contributed by atoms with van der Waals surface area (Å²) in [5.74, 6) is 0.0537. The van der Waals surface area contributed by atoms with Crippen LogP contribution in [0.2, 0.25) is 0 Å². The van der Waals surface area contributed by atoms with Gasteiger partial charge >= 0.3 is 6.09 Å². The van der Waals surface area contributed by atoms with Crippen LogP contribution >= 0.6 is 11.3 Å². The van der Waals surface area contributed by atoms with Crippen molar-refractivity contribution in [1.29, 1.82) is 0 Å². The van der Waals surface area contributed by atoms with E-state index in [-0.39, 0.29) is 11.8 Å². The summed E-state index contributed by atoms with van der Waals surface area (Å²) in [6.45, 7) is 1.51. The third kappa shape index (κ3) is 4.44. The average Bonchev–Trinajstić information content (AvgIpc) is 2.69. The number of carbonyl (C=O) groups is 2. The summed E-state index contributed by atoms with van der Waals surface area (Å²) >= 11 is 1.61. The minimum Gasteiger partial charge on any atom is -0.453 e. The minimum absolute atomic E-state index is 0.0537. The van der Waals surface area contributed by atoms with Crippen LogP contribution < -0.4 is 5.32 Å². The van der Waals surface area contributed by atoms with Crippen molar-refractivity contribution in [3.05, 3.63) is 22.4 Å². The molecule has 1 aromatic rings. The van der Waals surface area contributed by atoms with Crippen LogP contribution in [0.1, 0.15) is 18.2 Å². The number of hydrogen-bond donors (Lipinski definition) is 1. The number of carbonyl (C=O) groups excluding carboxylic acids is 2. The van der Waals surface area contributed by atoms with Crippen molar-refractivity contribution < 1.29 is 14.3 Å². The second kappa shape index (κ2) is 6.27. The molecule has 1 rings (SSSR count). The van der Waals surface area contributed by atoms with Crippen LogP contribution in [-0.2, 0) is 16.0 Å². The summed E-state index contributed by atoms with van der Waals surface area (Å²) < 4.78 is 4.52. The molecule has 1 heterocycles. The van der Waals surface area contributed by atoms with E-state index < -0.39 is 6.09 Å². The van der Waals surface area contributed by atoms with Crippen molar-refractivity contribution in [3.63, 3.8) is 0 Å². The first-order chi connectivity index (χ1) is 7.61. The van der Waals surface area contributed by atoms with E-state index in [2.05, 4.69) is 10.1 Å². The lowest BCUT2D eigenvalue weighted by atomic mass is 10.1. The average molecular weight is 241 g/mol. The van der Waals surface area contributed by atoms with E-state index in [9.17, 15) is 9.59 Å². The Balaban J connectivity index is 2.56. The van der Waals surface area contributed by atoms with Gasteiger partial charge in [-0.2, -0.15) is 0 Å². The molecule has 0 unspecified atom stereocenters. The molecule has 4 nitrogen and oxygen atoms in total. The fourth-order valence-electron chi connectivity index (χ4n) is 1.42. The maximum atomic E-state index is 11.1. The molecule has 16 heavy (non-hydrogen) atoms. The van der Waals surface area contributed by atoms with Gasteiger partial charge in [-0.3, -0.25) is 4.79 Å². The summed E-state index contributed by atoms with van der Waals surface area (Å²) in [7, 11) is 1.31. The zero-order chi connectivity index (χ0) is 12.0. The van der Waals surface area contributed by atoms with Crippen molar-refractivity contribution in [1.82, 2.24) is 5.32 Å². The highest BCUT2D eigenvalue weighted by Crippen LogP contribution is 2.13. The number of Topliss-reactive ketones (excluding diaryl/α,β-unsaturated/α-hetero) is 1. The van der Waals surface area contributed by atoms with Crippen molar-refractivity contribution in [2.24, 2.45) is 0 Å². The highest BCUT2D eigenvalue weighted by molar-refractivity contribution is 7.09. The van der Waals surface area contributed by atoms with Crippen molar-refractivity contribution in [2.45, 2.75) is 25.8 Å². The molecule has 0 bridgehead atoms. The molecule has 0 aliphatic carbocycles. The largest absolute Gasteiger partial charge is 0.453 e. The Labute approximate surface area is 98.6 Å². The lowest BCUT2D eigenvalue weighted by molar-refractivity contribution is -0.117. The van der Waals surface area contributed by atoms with Crippen LogP contribution in [-0.4, -0.2) is 25.0 Å². The van der Waals surface area contributed by atoms with Gasteiger partial charge in [-0.15, -0.1) is 11.3 Å². The molecular formula is C11H15NO3S. The monoisotopic (exact) mass is 241 g/mol.